The summed E-state index contributed by atoms with van der Waals surface area (Å²) in [6, 6.07) is 18.4. The molecule has 0 aromatic heterocycles. The lowest BCUT2D eigenvalue weighted by molar-refractivity contribution is 0.614. The highest BCUT2D eigenvalue weighted by atomic mass is 14.6. The molecule has 4 N–H and O–H groups in total. The molecule has 194 valence electrons. The van der Waals surface area contributed by atoms with Crippen LogP contribution in [0.2, 0.25) is 0 Å². The number of nitrogens with two attached hydrogens (primary N) is 2. The Morgan fingerprint density at radius 1 is 0.528 bits per heavy atom. The van der Waals surface area contributed by atoms with Crippen molar-refractivity contribution in [1.82, 2.24) is 0 Å². The number of hydrogen-bond acceptors (Lipinski definition) is 2. The quantitative estimate of drug-likeness (QED) is 0.328. The molecule has 0 aliphatic carbocycles. The van der Waals surface area contributed by atoms with Gasteiger partial charge in [-0.3, -0.25) is 0 Å². The maximum atomic E-state index is 6.63. The van der Waals surface area contributed by atoms with Gasteiger partial charge in [-0.15, -0.1) is 0 Å². The molecule has 36 heavy (non-hydrogen) atoms. The molecule has 3 rings (SSSR count). The van der Waals surface area contributed by atoms with Gasteiger partial charge in [0.25, 0.3) is 0 Å². The van der Waals surface area contributed by atoms with Crippen molar-refractivity contribution < 1.29 is 0 Å². The van der Waals surface area contributed by atoms with E-state index in [4.69, 9.17) is 11.5 Å². The number of rotatable bonds is 7. The molecule has 0 atom stereocenters. The molecule has 0 heterocycles. The van der Waals surface area contributed by atoms with Gasteiger partial charge >= 0.3 is 0 Å². The molecule has 0 spiro atoms. The molecular weight excluding hydrogens is 436 g/mol. The Kier molecular flexibility index (Phi) is 7.70. The zero-order chi connectivity index (χ0) is 27.2. The summed E-state index contributed by atoms with van der Waals surface area (Å²) in [5.41, 5.74) is 24.8. The minimum atomic E-state index is -0.160. The summed E-state index contributed by atoms with van der Waals surface area (Å²) in [4.78, 5) is 0. The van der Waals surface area contributed by atoms with Gasteiger partial charge in [0.2, 0.25) is 0 Å². The van der Waals surface area contributed by atoms with Gasteiger partial charge in [-0.1, -0.05) is 118 Å². The van der Waals surface area contributed by atoms with Gasteiger partial charge in [-0.05, 0) is 69.2 Å². The minimum absolute atomic E-state index is 0.151. The maximum absolute atomic E-state index is 6.63. The molecule has 0 amide bonds. The standard InChI is InChI=1S/C34H48N2/c1-20(2)28-17-26(15-23(7)31(28)35)33(8,9)24-13-12-14-25(16-24)34(10,11)27-18-29(21(3)4)32(36)30(19-27)22(5)6/h12-22H,35-36H2,1-11H3. The summed E-state index contributed by atoms with van der Waals surface area (Å²) in [5.74, 6) is 1.15. The van der Waals surface area contributed by atoms with Crippen LogP contribution in [0.1, 0.15) is 131 Å². The van der Waals surface area contributed by atoms with Crippen LogP contribution in [0, 0.1) is 6.92 Å². The summed E-state index contributed by atoms with van der Waals surface area (Å²) in [6.07, 6.45) is 0. The molecule has 0 saturated heterocycles. The highest BCUT2D eigenvalue weighted by molar-refractivity contribution is 5.61. The summed E-state index contributed by atoms with van der Waals surface area (Å²) >= 11 is 0. The fourth-order valence-corrected chi connectivity index (χ4v) is 5.31. The molecule has 2 nitrogen and oxygen atoms in total. The van der Waals surface area contributed by atoms with Crippen LogP contribution in [0.15, 0.2) is 48.5 Å². The second-order valence-corrected chi connectivity index (χ2v) is 12.7. The van der Waals surface area contributed by atoms with Gasteiger partial charge in [0.1, 0.15) is 0 Å². The molecule has 0 aliphatic heterocycles. The van der Waals surface area contributed by atoms with Crippen LogP contribution in [-0.2, 0) is 10.8 Å². The van der Waals surface area contributed by atoms with Crippen LogP contribution in [0.4, 0.5) is 11.4 Å². The van der Waals surface area contributed by atoms with E-state index in [1.807, 2.05) is 0 Å². The smallest absolute Gasteiger partial charge is 0.0384 e. The molecule has 2 heteroatoms. The highest BCUT2D eigenvalue weighted by Gasteiger charge is 2.30. The van der Waals surface area contributed by atoms with Crippen molar-refractivity contribution in [3.63, 3.8) is 0 Å². The number of anilines is 2. The zero-order valence-corrected chi connectivity index (χ0v) is 24.5. The number of hydrogen-bond donors (Lipinski definition) is 2. The molecular formula is C34H48N2. The lowest BCUT2D eigenvalue weighted by Crippen LogP contribution is -2.24. The van der Waals surface area contributed by atoms with E-state index in [1.165, 1.54) is 38.9 Å². The third-order valence-electron chi connectivity index (χ3n) is 8.28. The third-order valence-corrected chi connectivity index (χ3v) is 8.28. The van der Waals surface area contributed by atoms with E-state index < -0.39 is 0 Å². The first kappa shape index (κ1) is 27.8. The number of aryl methyl sites for hydroxylation is 1. The van der Waals surface area contributed by atoms with Crippen molar-refractivity contribution in [2.45, 2.75) is 105 Å². The van der Waals surface area contributed by atoms with Crippen molar-refractivity contribution in [2.24, 2.45) is 0 Å². The molecule has 3 aromatic rings. The van der Waals surface area contributed by atoms with E-state index in [2.05, 4.69) is 125 Å². The average molecular weight is 485 g/mol. The Morgan fingerprint density at radius 3 is 1.28 bits per heavy atom. The largest absolute Gasteiger partial charge is 0.398 e. The summed E-state index contributed by atoms with van der Waals surface area (Å²) in [7, 11) is 0. The molecule has 0 radical (unpaired) electrons. The summed E-state index contributed by atoms with van der Waals surface area (Å²) < 4.78 is 0. The highest BCUT2D eigenvalue weighted by Crippen LogP contribution is 2.41. The first-order valence-corrected chi connectivity index (χ1v) is 13.5. The van der Waals surface area contributed by atoms with Crippen molar-refractivity contribution in [2.75, 3.05) is 11.5 Å². The van der Waals surface area contributed by atoms with E-state index in [9.17, 15) is 0 Å². The zero-order valence-electron chi connectivity index (χ0n) is 24.5. The van der Waals surface area contributed by atoms with E-state index in [0.29, 0.717) is 17.8 Å². The average Bonchev–Trinajstić information content (AvgIpc) is 2.80. The van der Waals surface area contributed by atoms with Crippen LogP contribution < -0.4 is 11.5 Å². The SMILES string of the molecule is Cc1cc(C(C)(C)c2cccc(C(C)(C)c3cc(C(C)C)c(N)c(C(C)C)c3)c2)cc(C(C)C)c1N. The predicted molar refractivity (Wildman–Crippen MR) is 159 cm³/mol. The lowest BCUT2D eigenvalue weighted by Gasteiger charge is -2.33. The topological polar surface area (TPSA) is 52.0 Å². The Bertz CT molecular complexity index is 1210. The van der Waals surface area contributed by atoms with Crippen molar-refractivity contribution in [1.29, 1.82) is 0 Å². The Morgan fingerprint density at radius 2 is 0.889 bits per heavy atom. The molecule has 0 bridgehead atoms. The van der Waals surface area contributed by atoms with Gasteiger partial charge in [-0.25, -0.2) is 0 Å². The van der Waals surface area contributed by atoms with E-state index in [-0.39, 0.29) is 10.8 Å². The predicted octanol–water partition coefficient (Wildman–Crippen LogP) is 9.18. The first-order chi connectivity index (χ1) is 16.6. The first-order valence-electron chi connectivity index (χ1n) is 13.5. The van der Waals surface area contributed by atoms with Gasteiger partial charge in [-0.2, -0.15) is 0 Å². The minimum Gasteiger partial charge on any atom is -0.398 e. The Labute approximate surface area is 220 Å². The van der Waals surface area contributed by atoms with Crippen LogP contribution in [0.3, 0.4) is 0 Å². The van der Waals surface area contributed by atoms with Gasteiger partial charge in [0, 0.05) is 22.2 Å². The Balaban J connectivity index is 2.15. The van der Waals surface area contributed by atoms with Crippen LogP contribution >= 0.6 is 0 Å². The van der Waals surface area contributed by atoms with Crippen LogP contribution in [0.25, 0.3) is 0 Å². The van der Waals surface area contributed by atoms with E-state index in [0.717, 1.165) is 16.9 Å². The monoisotopic (exact) mass is 484 g/mol. The van der Waals surface area contributed by atoms with Crippen molar-refractivity contribution >= 4 is 11.4 Å². The third kappa shape index (κ3) is 5.05. The fourth-order valence-electron chi connectivity index (χ4n) is 5.31. The molecule has 0 saturated carbocycles. The van der Waals surface area contributed by atoms with Gasteiger partial charge < -0.3 is 11.5 Å². The van der Waals surface area contributed by atoms with Crippen LogP contribution in [0.5, 0.6) is 0 Å². The van der Waals surface area contributed by atoms with Crippen molar-refractivity contribution in [3.8, 4) is 0 Å². The Hall–Kier alpha value is -2.74. The van der Waals surface area contributed by atoms with E-state index >= 15 is 0 Å². The van der Waals surface area contributed by atoms with Gasteiger partial charge in [0.05, 0.1) is 0 Å². The fraction of sp³-hybridized carbons (Fsp3) is 0.471. The van der Waals surface area contributed by atoms with Crippen LogP contribution in [-0.4, -0.2) is 0 Å². The summed E-state index contributed by atoms with van der Waals surface area (Å²) in [6.45, 7) is 24.8. The molecule has 0 fully saturated rings. The second-order valence-electron chi connectivity index (χ2n) is 12.7. The normalized spacial score (nSPS) is 12.7. The summed E-state index contributed by atoms with van der Waals surface area (Å²) in [5, 5.41) is 0. The lowest BCUT2D eigenvalue weighted by atomic mass is 9.71. The second kappa shape index (κ2) is 9.96. The maximum Gasteiger partial charge on any atom is 0.0384 e. The van der Waals surface area contributed by atoms with E-state index in [1.54, 1.807) is 0 Å². The molecule has 0 aliphatic rings. The molecule has 3 aromatic carbocycles. The van der Waals surface area contributed by atoms with Gasteiger partial charge in [0.15, 0.2) is 0 Å². The molecule has 0 unspecified atom stereocenters. The number of nitrogen functional groups attached to an aromatic ring is 2. The number of benzene rings is 3. The van der Waals surface area contributed by atoms with Crippen molar-refractivity contribution in [3.05, 3.63) is 93.0 Å².